The van der Waals surface area contributed by atoms with Gasteiger partial charge >= 0.3 is 0 Å². The van der Waals surface area contributed by atoms with Gasteiger partial charge in [-0.15, -0.1) is 0 Å². The number of carbonyl (C=O) groups is 4. The zero-order valence-electron chi connectivity index (χ0n) is 31.3. The Morgan fingerprint density at radius 1 is 0.982 bits per heavy atom. The molecule has 8 rings (SSSR count). The number of hydrogen-bond acceptors (Lipinski definition) is 10. The first kappa shape index (κ1) is 38.8. The van der Waals surface area contributed by atoms with Crippen molar-refractivity contribution in [2.24, 2.45) is 5.92 Å². The van der Waals surface area contributed by atoms with E-state index >= 15 is 0 Å². The van der Waals surface area contributed by atoms with Gasteiger partial charge < -0.3 is 20.7 Å². The fourth-order valence-corrected chi connectivity index (χ4v) is 9.22. The molecule has 0 bridgehead atoms. The van der Waals surface area contributed by atoms with Crippen molar-refractivity contribution in [3.63, 3.8) is 0 Å². The topological polar surface area (TPSA) is 165 Å². The zero-order valence-corrected chi connectivity index (χ0v) is 32.9. The molecule has 3 fully saturated rings. The van der Waals surface area contributed by atoms with Crippen molar-refractivity contribution in [2.45, 2.75) is 82.5 Å². The van der Waals surface area contributed by atoms with E-state index in [1.807, 2.05) is 23.1 Å². The molecule has 0 radical (unpaired) electrons. The molecule has 3 aliphatic heterocycles. The summed E-state index contributed by atoms with van der Waals surface area (Å²) in [5, 5.41) is 11.0. The molecular weight excluding hydrogens is 774 g/mol. The maximum atomic E-state index is 14.2. The largest absolute Gasteiger partial charge is 0.482 e. The maximum absolute atomic E-state index is 14.2. The number of ether oxygens (including phenoxy) is 1. The fraction of sp³-hybridized carbons (Fsp3) is 0.415. The number of amides is 4. The van der Waals surface area contributed by atoms with Crippen LogP contribution in [0.15, 0.2) is 55.0 Å². The highest BCUT2D eigenvalue weighted by atomic mass is 35.5. The van der Waals surface area contributed by atoms with Crippen molar-refractivity contribution in [3.8, 4) is 16.9 Å². The number of nitrogens with zero attached hydrogens (tertiary/aromatic N) is 5. The zero-order chi connectivity index (χ0) is 40.0. The van der Waals surface area contributed by atoms with Gasteiger partial charge in [0.05, 0.1) is 28.4 Å². The maximum Gasteiger partial charge on any atom is 0.262 e. The SMILES string of the molecule is C[C@@H](Oc1cc(-c2cnn(C3CCC(CN[C@@H]4CCCN(c5ccc6c(c5)C(=O)N(C5CCC(=O)NC5=O)C6=O)C4)CC3)c2)cnc1N)c1c(Cl)ccc(F)c1Cl. The van der Waals surface area contributed by atoms with Crippen LogP contribution >= 0.6 is 23.2 Å². The predicted molar refractivity (Wildman–Crippen MR) is 213 cm³/mol. The Morgan fingerprint density at radius 2 is 1.77 bits per heavy atom. The molecule has 1 unspecified atom stereocenters. The number of imide groups is 2. The number of aromatic nitrogens is 3. The van der Waals surface area contributed by atoms with E-state index in [1.54, 1.807) is 31.3 Å². The molecule has 4 amide bonds. The van der Waals surface area contributed by atoms with Crippen molar-refractivity contribution in [1.29, 1.82) is 0 Å². The van der Waals surface area contributed by atoms with Crippen LogP contribution in [0.5, 0.6) is 5.75 Å². The number of nitrogens with one attached hydrogen (secondary N) is 2. The Bertz CT molecular complexity index is 2240. The molecule has 13 nitrogen and oxygen atoms in total. The number of anilines is 2. The van der Waals surface area contributed by atoms with Gasteiger partial charge in [0.2, 0.25) is 11.8 Å². The normalized spacial score (nSPS) is 23.1. The van der Waals surface area contributed by atoms with Crippen LogP contribution in [0, 0.1) is 11.7 Å². The van der Waals surface area contributed by atoms with Gasteiger partial charge in [-0.25, -0.2) is 9.37 Å². The molecule has 0 spiro atoms. The van der Waals surface area contributed by atoms with Crippen LogP contribution in [0.2, 0.25) is 10.0 Å². The lowest BCUT2D eigenvalue weighted by Crippen LogP contribution is -2.54. The van der Waals surface area contributed by atoms with Crippen LogP contribution in [0.3, 0.4) is 0 Å². The lowest BCUT2D eigenvalue weighted by atomic mass is 9.85. The van der Waals surface area contributed by atoms with Gasteiger partial charge in [0, 0.05) is 65.3 Å². The van der Waals surface area contributed by atoms with Crippen LogP contribution in [0.1, 0.15) is 96.7 Å². The monoisotopic (exact) mass is 816 g/mol. The van der Waals surface area contributed by atoms with E-state index in [-0.39, 0.29) is 41.3 Å². The highest BCUT2D eigenvalue weighted by Gasteiger charge is 2.45. The molecule has 2 aromatic carbocycles. The molecule has 3 atom stereocenters. The summed E-state index contributed by atoms with van der Waals surface area (Å²) in [6.45, 7) is 4.25. The molecule has 298 valence electrons. The van der Waals surface area contributed by atoms with Crippen molar-refractivity contribution in [3.05, 3.63) is 87.5 Å². The average Bonchev–Trinajstić information content (AvgIpc) is 3.79. The number of fused-ring (bicyclic) bond motifs is 1. The molecule has 1 saturated carbocycles. The van der Waals surface area contributed by atoms with E-state index in [1.165, 1.54) is 12.1 Å². The summed E-state index contributed by atoms with van der Waals surface area (Å²) in [5.74, 6) is -1.53. The van der Waals surface area contributed by atoms with E-state index in [0.29, 0.717) is 27.8 Å². The molecule has 5 heterocycles. The second-order valence-corrected chi connectivity index (χ2v) is 16.2. The summed E-state index contributed by atoms with van der Waals surface area (Å²) in [6, 6.07) is 9.34. The fourth-order valence-electron chi connectivity index (χ4n) is 8.54. The summed E-state index contributed by atoms with van der Waals surface area (Å²) in [5.41, 5.74) is 9.60. The third-order valence-electron chi connectivity index (χ3n) is 11.7. The first-order valence-electron chi connectivity index (χ1n) is 19.4. The Balaban J connectivity index is 0.834. The summed E-state index contributed by atoms with van der Waals surface area (Å²) in [7, 11) is 0. The molecule has 16 heteroatoms. The van der Waals surface area contributed by atoms with Crippen molar-refractivity contribution in [1.82, 2.24) is 30.3 Å². The molecule has 57 heavy (non-hydrogen) atoms. The van der Waals surface area contributed by atoms with E-state index < -0.39 is 41.6 Å². The average molecular weight is 818 g/mol. The molecule has 2 aromatic heterocycles. The van der Waals surface area contributed by atoms with E-state index in [9.17, 15) is 23.6 Å². The smallest absolute Gasteiger partial charge is 0.262 e. The predicted octanol–water partition coefficient (Wildman–Crippen LogP) is 6.50. The number of rotatable bonds is 10. The number of carbonyl (C=O) groups excluding carboxylic acids is 4. The van der Waals surface area contributed by atoms with Crippen LogP contribution < -0.4 is 26.0 Å². The number of benzene rings is 2. The van der Waals surface area contributed by atoms with Gasteiger partial charge in [-0.05, 0) is 101 Å². The van der Waals surface area contributed by atoms with Gasteiger partial charge in [-0.3, -0.25) is 34.1 Å². The number of halogens is 3. The third-order valence-corrected chi connectivity index (χ3v) is 12.4. The Hall–Kier alpha value is -5.05. The Labute approximate surface area is 339 Å². The lowest BCUT2D eigenvalue weighted by Gasteiger charge is -2.36. The first-order valence-corrected chi connectivity index (χ1v) is 20.1. The second kappa shape index (κ2) is 16.1. The summed E-state index contributed by atoms with van der Waals surface area (Å²) in [6.07, 6.45) is 11.2. The molecule has 2 saturated heterocycles. The summed E-state index contributed by atoms with van der Waals surface area (Å²) in [4.78, 5) is 58.3. The van der Waals surface area contributed by atoms with E-state index in [0.717, 1.165) is 79.9 Å². The van der Waals surface area contributed by atoms with Gasteiger partial charge in [-0.1, -0.05) is 23.2 Å². The van der Waals surface area contributed by atoms with Crippen LogP contribution in [0.4, 0.5) is 15.9 Å². The third kappa shape index (κ3) is 7.82. The standard InChI is InChI=1S/C41H43Cl2FN8O5/c1-22(36-31(42)10-11-32(44)37(36)43)57-34-15-24(18-47-38(34)45)25-19-48-51(20-25)27-6-4-23(5-7-27)17-46-26-3-2-14-50(21-26)28-8-9-29-30(16-28)41(56)52(40(29)55)33-12-13-35(53)49-39(33)54/h8-11,15-16,18-20,22-23,26-27,33,46H,2-7,12-14,17,21H2,1H3,(H2,45,47)(H,49,53,54)/t22-,23?,26-,27?,33?/m1/s1. The van der Waals surface area contributed by atoms with Gasteiger partial charge in [0.25, 0.3) is 11.8 Å². The van der Waals surface area contributed by atoms with Crippen LogP contribution in [0.25, 0.3) is 11.1 Å². The lowest BCUT2D eigenvalue weighted by molar-refractivity contribution is -0.136. The minimum absolute atomic E-state index is 0.0846. The van der Waals surface area contributed by atoms with Crippen molar-refractivity contribution >= 4 is 58.3 Å². The quantitative estimate of drug-likeness (QED) is 0.119. The van der Waals surface area contributed by atoms with E-state index in [2.05, 4.69) is 20.5 Å². The Morgan fingerprint density at radius 3 is 2.56 bits per heavy atom. The number of nitrogens with two attached hydrogens (primary N) is 1. The van der Waals surface area contributed by atoms with Crippen LogP contribution in [-0.4, -0.2) is 75.0 Å². The number of piperidine rings is 2. The Kier molecular flexibility index (Phi) is 10.9. The summed E-state index contributed by atoms with van der Waals surface area (Å²) >= 11 is 12.5. The van der Waals surface area contributed by atoms with Crippen molar-refractivity contribution < 1.29 is 28.3 Å². The second-order valence-electron chi connectivity index (χ2n) is 15.4. The first-order chi connectivity index (χ1) is 27.4. The minimum atomic E-state index is -0.983. The molecule has 4 aromatic rings. The highest BCUT2D eigenvalue weighted by molar-refractivity contribution is 6.36. The molecule has 1 aliphatic carbocycles. The number of hydrogen-bond donors (Lipinski definition) is 3. The van der Waals surface area contributed by atoms with E-state index in [4.69, 9.17) is 38.8 Å². The van der Waals surface area contributed by atoms with Gasteiger partial charge in [0.1, 0.15) is 18.0 Å². The highest BCUT2D eigenvalue weighted by Crippen LogP contribution is 2.38. The molecule has 4 aliphatic rings. The molecular formula is C41H43Cl2FN8O5. The van der Waals surface area contributed by atoms with Crippen LogP contribution in [-0.2, 0) is 9.59 Å². The molecule has 4 N–H and O–H groups in total. The number of nitrogen functional groups attached to an aromatic ring is 1. The van der Waals surface area contributed by atoms with Gasteiger partial charge in [-0.2, -0.15) is 5.10 Å². The van der Waals surface area contributed by atoms with Crippen molar-refractivity contribution in [2.75, 3.05) is 30.3 Å². The number of pyridine rings is 1. The minimum Gasteiger partial charge on any atom is -0.482 e. The summed E-state index contributed by atoms with van der Waals surface area (Å²) < 4.78 is 22.3. The van der Waals surface area contributed by atoms with Gasteiger partial charge in [0.15, 0.2) is 11.6 Å².